The Kier molecular flexibility index (Phi) is 30.8. The molecule has 15 aromatic carbocycles. The monoisotopic (exact) mass is 1990 g/mol. The Morgan fingerprint density at radius 3 is 1.20 bits per heavy atom. The smallest absolute Gasteiger partial charge is 0.291 e. The van der Waals surface area contributed by atoms with Gasteiger partial charge in [-0.2, -0.15) is 0 Å². The number of hydrogen-bond donors (Lipinski definition) is 10. The molecule has 0 atom stereocenters. The Morgan fingerprint density at radius 1 is 0.374 bits per heavy atom. The van der Waals surface area contributed by atoms with Crippen molar-refractivity contribution in [2.75, 3.05) is 61.6 Å². The first-order valence-electron chi connectivity index (χ1n) is 46.8. The minimum atomic E-state index is -0.506. The molecule has 0 bridgehead atoms. The van der Waals surface area contributed by atoms with Crippen LogP contribution < -0.4 is 50.3 Å². The summed E-state index contributed by atoms with van der Waals surface area (Å²) in [7, 11) is 6.15. The highest BCUT2D eigenvalue weighted by Crippen LogP contribution is 2.41. The number of nitrogens with zero attached hydrogens (tertiary/aromatic N) is 6. The second-order valence-electron chi connectivity index (χ2n) is 34.4. The number of hydrogen-bond acceptors (Lipinski definition) is 18. The standard InChI is InChI=1S/C24H19N3O2.2C24H23N3O2.C23H20ClN3O4.C21H15ClN4O3/c1-14-11-12-16(23-25-18-8-4-5-9-19(18)26-23)13-20(14)27-24(28)22-15(2)17-7-3-6-10-21(17)29-22;1-15-8-10-18(24-26-19-6-4-5-7-20(19)27-24)14-21(15)25-23(28)13-17-9-11-22(29-3)16(2)12-17;1-3-14-29-19-12-10-17(11-13-19)24(28)27-22-15-18(9-8-16(22)2)23-25-20-6-4-5-7-21(20)26-23;1-29-19-10-13(11-20(30-2)21(19)31-3)23(28)25-14-8-9-16(24)15(12-14)22-26-17-6-4-5-7-18(17)27-22;1-12-6-7-13(10-19(12)26(28)29)21(27)23-14-8-9-16(22)15(11-14)20-24-17-4-2-3-5-18(17)25-20/h3-13H,1-2H3,(H,25,26)(H,27,28);4-12,14H,13H2,1-3H3,(H,25,28)(H,26,27);4-13,15H,3,14H2,1-2H3,(H,25,26)(H,27,28);4-12H,1-3H3,(H,25,28)(H,26,27);2-11H,1H3,(H,23,27)(H,24,25). The van der Waals surface area contributed by atoms with Crippen LogP contribution in [0.2, 0.25) is 10.0 Å². The summed E-state index contributed by atoms with van der Waals surface area (Å²) in [4.78, 5) is 114. The van der Waals surface area contributed by atoms with Crippen LogP contribution in [0.25, 0.3) is 123 Å². The van der Waals surface area contributed by atoms with Crippen molar-refractivity contribution in [1.29, 1.82) is 0 Å². The lowest BCUT2D eigenvalue weighted by atomic mass is 10.1. The van der Waals surface area contributed by atoms with E-state index in [0.717, 1.165) is 163 Å². The van der Waals surface area contributed by atoms with Crippen molar-refractivity contribution >= 4 is 153 Å². The fraction of sp³-hybridized carbons (Fsp3) is 0.121. The average molecular weight is 2000 g/mol. The number of aromatic amines is 5. The lowest BCUT2D eigenvalue weighted by Gasteiger charge is -2.14. The van der Waals surface area contributed by atoms with Gasteiger partial charge in [0.05, 0.1) is 112 Å². The van der Waals surface area contributed by atoms with E-state index in [2.05, 4.69) is 83.3 Å². The Bertz CT molecular complexity index is 8340. The third-order valence-corrected chi connectivity index (χ3v) is 24.9. The number of fused-ring (bicyclic) bond motifs is 6. The Balaban J connectivity index is 0.000000126. The van der Waals surface area contributed by atoms with Crippen LogP contribution in [0.1, 0.15) is 93.9 Å². The second-order valence-corrected chi connectivity index (χ2v) is 35.2. The molecule has 31 heteroatoms. The molecule has 5 amide bonds. The normalized spacial score (nSPS) is 10.9. The molecule has 736 valence electrons. The second kappa shape index (κ2) is 45.2. The zero-order valence-electron chi connectivity index (χ0n) is 81.8. The molecule has 0 saturated heterocycles. The van der Waals surface area contributed by atoms with Gasteiger partial charge in [0.15, 0.2) is 17.3 Å². The number of nitro groups is 1. The first kappa shape index (κ1) is 100. The van der Waals surface area contributed by atoms with Crippen molar-refractivity contribution < 1.29 is 57.0 Å². The number of halogens is 2. The maximum absolute atomic E-state index is 12.9. The number of nitrogens with one attached hydrogen (secondary N) is 10. The number of imidazole rings is 5. The van der Waals surface area contributed by atoms with Gasteiger partial charge in [0.25, 0.3) is 29.3 Å². The van der Waals surface area contributed by atoms with Gasteiger partial charge in [-0.05, 0) is 246 Å². The number of nitro benzene ring substituents is 1. The highest BCUT2D eigenvalue weighted by atomic mass is 35.5. The summed E-state index contributed by atoms with van der Waals surface area (Å²) >= 11 is 12.7. The molecule has 0 aliphatic rings. The fourth-order valence-corrected chi connectivity index (χ4v) is 16.8. The Morgan fingerprint density at radius 2 is 0.776 bits per heavy atom. The number of ether oxygens (including phenoxy) is 5. The van der Waals surface area contributed by atoms with Crippen LogP contribution in [0, 0.1) is 51.7 Å². The van der Waals surface area contributed by atoms with Gasteiger partial charge >= 0.3 is 0 Å². The number of furan rings is 1. The maximum Gasteiger partial charge on any atom is 0.291 e. The van der Waals surface area contributed by atoms with Crippen molar-refractivity contribution in [2.45, 2.75) is 61.3 Å². The molecule has 0 unspecified atom stereocenters. The zero-order chi connectivity index (χ0) is 103. The molecule has 0 spiro atoms. The molecule has 0 aliphatic carbocycles. The highest BCUT2D eigenvalue weighted by Gasteiger charge is 2.25. The van der Waals surface area contributed by atoms with Crippen LogP contribution in [-0.2, 0) is 11.2 Å². The number of para-hydroxylation sites is 11. The van der Waals surface area contributed by atoms with Crippen LogP contribution >= 0.6 is 23.2 Å². The number of H-pyrrole nitrogens is 5. The summed E-state index contributed by atoms with van der Waals surface area (Å²) in [5.41, 5.74) is 24.5. The number of carbonyl (C=O) groups is 5. The van der Waals surface area contributed by atoms with Crippen LogP contribution in [0.4, 0.5) is 34.1 Å². The maximum atomic E-state index is 12.9. The third kappa shape index (κ3) is 23.5. The molecule has 0 saturated carbocycles. The average Bonchev–Trinajstić information content (AvgIpc) is 1.75. The quantitative estimate of drug-likeness (QED) is 0.0198. The summed E-state index contributed by atoms with van der Waals surface area (Å²) in [6, 6.07) is 95.3. The van der Waals surface area contributed by atoms with Gasteiger partial charge in [-0.3, -0.25) is 34.1 Å². The van der Waals surface area contributed by atoms with Gasteiger partial charge in [-0.15, -0.1) is 0 Å². The zero-order valence-corrected chi connectivity index (χ0v) is 83.3. The first-order valence-corrected chi connectivity index (χ1v) is 47.6. The van der Waals surface area contributed by atoms with Gasteiger partial charge < -0.3 is 79.6 Å². The largest absolute Gasteiger partial charge is 0.496 e. The number of carbonyl (C=O) groups excluding carboxylic acids is 5. The minimum absolute atomic E-state index is 0.0561. The van der Waals surface area contributed by atoms with E-state index >= 15 is 0 Å². The Labute approximate surface area is 854 Å². The molecule has 147 heavy (non-hydrogen) atoms. The molecule has 6 heterocycles. The molecule has 21 aromatic rings. The molecule has 6 aromatic heterocycles. The van der Waals surface area contributed by atoms with Crippen molar-refractivity contribution in [1.82, 2.24) is 49.8 Å². The molecule has 10 N–H and O–H groups in total. The van der Waals surface area contributed by atoms with Crippen molar-refractivity contribution in [2.24, 2.45) is 0 Å². The Hall–Kier alpha value is -18.5. The molecule has 29 nitrogen and oxygen atoms in total. The van der Waals surface area contributed by atoms with Crippen molar-refractivity contribution in [3.63, 3.8) is 0 Å². The van der Waals surface area contributed by atoms with Gasteiger partial charge in [0.1, 0.15) is 46.2 Å². The van der Waals surface area contributed by atoms with E-state index in [1.54, 1.807) is 86.8 Å². The molecular formula is C116H100Cl2N16O13. The number of amides is 5. The highest BCUT2D eigenvalue weighted by molar-refractivity contribution is 6.34. The molecule has 0 radical (unpaired) electrons. The van der Waals surface area contributed by atoms with E-state index < -0.39 is 10.8 Å². The SMILES string of the molecule is CCCOc1ccc(C(=O)Nc2cc(-c3nc4ccccc4[nH]3)ccc2C)cc1.COc1cc(C(=O)Nc2ccc(Cl)c(-c3nc4ccccc4[nH]3)c2)cc(OC)c1OC.COc1ccc(CC(=O)Nc2cc(-c3nc4ccccc4[nH]3)ccc2C)cc1C.Cc1ccc(-c2nc3ccccc3[nH]2)cc1NC(=O)c1oc2ccccc2c1C.Cc1ccc(C(=O)Nc2ccc(Cl)c(-c3nc4ccccc4[nH]3)c2)cc1[N+](=O)[O-]. The summed E-state index contributed by atoms with van der Waals surface area (Å²) in [6.07, 6.45) is 1.25. The van der Waals surface area contributed by atoms with E-state index in [1.807, 2.05) is 265 Å². The van der Waals surface area contributed by atoms with Crippen LogP contribution in [-0.4, -0.2) is 119 Å². The summed E-state index contributed by atoms with van der Waals surface area (Å²) in [6.45, 7) is 14.1. The van der Waals surface area contributed by atoms with E-state index in [-0.39, 0.29) is 34.9 Å². The fourth-order valence-electron chi connectivity index (χ4n) is 16.4. The van der Waals surface area contributed by atoms with E-state index in [4.69, 9.17) is 51.3 Å². The number of anilines is 5. The van der Waals surface area contributed by atoms with Crippen LogP contribution in [0.15, 0.2) is 314 Å². The number of aromatic nitrogens is 10. The third-order valence-electron chi connectivity index (χ3n) is 24.3. The summed E-state index contributed by atoms with van der Waals surface area (Å²) < 4.78 is 32.6. The van der Waals surface area contributed by atoms with Gasteiger partial charge in [0.2, 0.25) is 11.7 Å². The van der Waals surface area contributed by atoms with E-state index in [0.29, 0.717) is 103 Å². The van der Waals surface area contributed by atoms with Crippen LogP contribution in [0.3, 0.4) is 0 Å². The van der Waals surface area contributed by atoms with Gasteiger partial charge in [-0.25, -0.2) is 24.9 Å². The number of methoxy groups -OCH3 is 4. The summed E-state index contributed by atoms with van der Waals surface area (Å²) in [5, 5.41) is 27.7. The van der Waals surface area contributed by atoms with Crippen molar-refractivity contribution in [3.05, 3.63) is 391 Å². The number of rotatable bonds is 24. The first-order chi connectivity index (χ1) is 71.2. The van der Waals surface area contributed by atoms with Gasteiger partial charge in [0, 0.05) is 95.5 Å². The minimum Gasteiger partial charge on any atom is -0.496 e. The molecule has 0 aliphatic heterocycles. The van der Waals surface area contributed by atoms with Gasteiger partial charge in [-0.1, -0.05) is 164 Å². The lowest BCUT2D eigenvalue weighted by Crippen LogP contribution is -2.15. The molecule has 21 rings (SSSR count). The topological polar surface area (TPSA) is 391 Å². The predicted molar refractivity (Wildman–Crippen MR) is 581 cm³/mol. The molecule has 0 fully saturated rings. The lowest BCUT2D eigenvalue weighted by molar-refractivity contribution is -0.385. The molecular weight excluding hydrogens is 1900 g/mol. The summed E-state index contributed by atoms with van der Waals surface area (Å²) in [5.74, 6) is 5.40. The van der Waals surface area contributed by atoms with E-state index in [9.17, 15) is 34.1 Å². The number of benzene rings is 15. The van der Waals surface area contributed by atoms with Crippen LogP contribution in [0.5, 0.6) is 28.7 Å². The van der Waals surface area contributed by atoms with E-state index in [1.165, 1.54) is 27.4 Å². The number of aryl methyl sites for hydroxylation is 6. The van der Waals surface area contributed by atoms with Crippen molar-refractivity contribution in [3.8, 4) is 85.7 Å². The predicted octanol–water partition coefficient (Wildman–Crippen LogP) is 27.0.